The molecule has 162 valence electrons. The molecule has 2 saturated heterocycles. The fourth-order valence-electron chi connectivity index (χ4n) is 4.76. The Labute approximate surface area is 185 Å². The maximum absolute atomic E-state index is 13.2. The van der Waals surface area contributed by atoms with E-state index in [0.29, 0.717) is 34.3 Å². The Balaban J connectivity index is 1.42. The Morgan fingerprint density at radius 1 is 1.19 bits per heavy atom. The molecular formula is C24H24N6O2. The Bertz CT molecular complexity index is 1330. The third-order valence-corrected chi connectivity index (χ3v) is 6.62. The van der Waals surface area contributed by atoms with Gasteiger partial charge in [-0.3, -0.25) is 14.5 Å². The molecule has 0 amide bonds. The lowest BCUT2D eigenvalue weighted by molar-refractivity contribution is 0.0974. The summed E-state index contributed by atoms with van der Waals surface area (Å²) in [6.45, 7) is 4.67. The first kappa shape index (κ1) is 20.3. The molecule has 2 aliphatic rings. The van der Waals surface area contributed by atoms with Crippen LogP contribution in [0.3, 0.4) is 0 Å². The fourth-order valence-corrected chi connectivity index (χ4v) is 4.76. The summed E-state index contributed by atoms with van der Waals surface area (Å²) in [4.78, 5) is 20.1. The summed E-state index contributed by atoms with van der Waals surface area (Å²) in [6, 6.07) is 9.04. The van der Waals surface area contributed by atoms with Crippen molar-refractivity contribution in [2.45, 2.75) is 32.3 Å². The van der Waals surface area contributed by atoms with Crippen LogP contribution in [0.2, 0.25) is 0 Å². The highest BCUT2D eigenvalue weighted by Crippen LogP contribution is 2.42. The predicted octanol–water partition coefficient (Wildman–Crippen LogP) is 2.32. The van der Waals surface area contributed by atoms with Gasteiger partial charge in [-0.25, -0.2) is 0 Å². The second-order valence-corrected chi connectivity index (χ2v) is 8.82. The van der Waals surface area contributed by atoms with E-state index < -0.39 is 0 Å². The summed E-state index contributed by atoms with van der Waals surface area (Å²) in [5, 5.41) is 16.4. The van der Waals surface area contributed by atoms with Crippen molar-refractivity contribution in [3.63, 3.8) is 0 Å². The van der Waals surface area contributed by atoms with Gasteiger partial charge in [0.1, 0.15) is 5.39 Å². The SMILES string of the molecule is C[C@H]1CC2(CCN(c3nc4[nH]nc(C#Cc5ccc(C#N)cc5)c4c(=O)n3C)CC2)CO1. The second-order valence-electron chi connectivity index (χ2n) is 8.82. The van der Waals surface area contributed by atoms with Crippen molar-refractivity contribution in [1.82, 2.24) is 19.7 Å². The monoisotopic (exact) mass is 428 g/mol. The molecule has 1 spiro atoms. The molecule has 0 radical (unpaired) electrons. The van der Waals surface area contributed by atoms with E-state index in [9.17, 15) is 4.79 Å². The molecule has 3 aromatic rings. The molecule has 8 heteroatoms. The summed E-state index contributed by atoms with van der Waals surface area (Å²) in [5.41, 5.74) is 2.24. The number of H-pyrrole nitrogens is 1. The van der Waals surface area contributed by atoms with Crippen LogP contribution in [0.4, 0.5) is 5.95 Å². The Morgan fingerprint density at radius 2 is 1.91 bits per heavy atom. The molecule has 8 nitrogen and oxygen atoms in total. The number of ether oxygens (including phenoxy) is 1. The Morgan fingerprint density at radius 3 is 2.56 bits per heavy atom. The quantitative estimate of drug-likeness (QED) is 0.597. The second kappa shape index (κ2) is 7.81. The van der Waals surface area contributed by atoms with Crippen LogP contribution >= 0.6 is 0 Å². The number of piperidine rings is 1. The molecule has 0 saturated carbocycles. The standard InChI is InChI=1S/C24H24N6O2/c1-16-13-24(15-32-16)9-11-30(12-10-24)23-26-21-20(22(31)29(23)2)19(27-28-21)8-7-17-3-5-18(14-25)6-4-17/h3-6,16H,9-13,15H2,1-2H3,(H,27,28)/t16-/m0/s1. The minimum Gasteiger partial charge on any atom is -0.378 e. The third kappa shape index (κ3) is 3.53. The number of aromatic amines is 1. The lowest BCUT2D eigenvalue weighted by atomic mass is 9.77. The number of hydrogen-bond acceptors (Lipinski definition) is 6. The predicted molar refractivity (Wildman–Crippen MR) is 120 cm³/mol. The van der Waals surface area contributed by atoms with Gasteiger partial charge < -0.3 is 9.64 Å². The smallest absolute Gasteiger partial charge is 0.267 e. The average molecular weight is 428 g/mol. The number of nitrogens with one attached hydrogen (secondary N) is 1. The molecule has 1 aromatic carbocycles. The summed E-state index contributed by atoms with van der Waals surface area (Å²) >= 11 is 0. The van der Waals surface area contributed by atoms with E-state index in [4.69, 9.17) is 15.0 Å². The van der Waals surface area contributed by atoms with Gasteiger partial charge >= 0.3 is 0 Å². The van der Waals surface area contributed by atoms with Crippen LogP contribution in [0.25, 0.3) is 11.0 Å². The zero-order chi connectivity index (χ0) is 22.3. The van der Waals surface area contributed by atoms with E-state index in [-0.39, 0.29) is 11.0 Å². The van der Waals surface area contributed by atoms with Crippen molar-refractivity contribution in [2.24, 2.45) is 12.5 Å². The Kier molecular flexibility index (Phi) is 4.96. The maximum Gasteiger partial charge on any atom is 0.267 e. The molecule has 0 bridgehead atoms. The van der Waals surface area contributed by atoms with Gasteiger partial charge in [0.15, 0.2) is 11.3 Å². The summed E-state index contributed by atoms with van der Waals surface area (Å²) < 4.78 is 7.42. The van der Waals surface area contributed by atoms with Crippen molar-refractivity contribution in [3.8, 4) is 17.9 Å². The van der Waals surface area contributed by atoms with Crippen LogP contribution in [0.1, 0.15) is 43.0 Å². The zero-order valence-corrected chi connectivity index (χ0v) is 18.2. The molecule has 0 aliphatic carbocycles. The number of hydrogen-bond donors (Lipinski definition) is 1. The minimum absolute atomic E-state index is 0.166. The summed E-state index contributed by atoms with van der Waals surface area (Å²) in [6.07, 6.45) is 3.51. The van der Waals surface area contributed by atoms with Crippen LogP contribution in [-0.2, 0) is 11.8 Å². The van der Waals surface area contributed by atoms with Gasteiger partial charge in [0, 0.05) is 25.7 Å². The number of aromatic nitrogens is 4. The molecule has 1 N–H and O–H groups in total. The molecule has 2 fully saturated rings. The van der Waals surface area contributed by atoms with Crippen molar-refractivity contribution >= 4 is 17.0 Å². The van der Waals surface area contributed by atoms with Gasteiger partial charge in [0.05, 0.1) is 24.3 Å². The molecule has 0 unspecified atom stereocenters. The van der Waals surface area contributed by atoms with Gasteiger partial charge in [0.2, 0.25) is 5.95 Å². The van der Waals surface area contributed by atoms with Crippen LogP contribution in [-0.4, -0.2) is 45.5 Å². The number of fused-ring (bicyclic) bond motifs is 1. The highest BCUT2D eigenvalue weighted by molar-refractivity contribution is 5.81. The van der Waals surface area contributed by atoms with E-state index in [1.807, 2.05) is 0 Å². The van der Waals surface area contributed by atoms with Crippen LogP contribution in [0.5, 0.6) is 0 Å². The Hall–Kier alpha value is -3.62. The number of anilines is 1. The first-order valence-electron chi connectivity index (χ1n) is 10.8. The minimum atomic E-state index is -0.166. The number of nitrogens with zero attached hydrogens (tertiary/aromatic N) is 5. The fraction of sp³-hybridized carbons (Fsp3) is 0.417. The van der Waals surface area contributed by atoms with E-state index in [1.165, 1.54) is 0 Å². The van der Waals surface area contributed by atoms with Gasteiger partial charge in [0.25, 0.3) is 5.56 Å². The van der Waals surface area contributed by atoms with Gasteiger partial charge in [-0.2, -0.15) is 15.3 Å². The van der Waals surface area contributed by atoms with E-state index in [1.54, 1.807) is 35.9 Å². The van der Waals surface area contributed by atoms with Gasteiger partial charge in [-0.05, 0) is 61.8 Å². The third-order valence-electron chi connectivity index (χ3n) is 6.62. The number of benzene rings is 1. The first-order valence-corrected chi connectivity index (χ1v) is 10.8. The van der Waals surface area contributed by atoms with E-state index >= 15 is 0 Å². The molecule has 2 aromatic heterocycles. The van der Waals surface area contributed by atoms with E-state index in [0.717, 1.165) is 44.5 Å². The van der Waals surface area contributed by atoms with Crippen LogP contribution in [0.15, 0.2) is 29.1 Å². The van der Waals surface area contributed by atoms with Crippen molar-refractivity contribution in [2.75, 3.05) is 24.6 Å². The molecule has 4 heterocycles. The van der Waals surface area contributed by atoms with Gasteiger partial charge in [-0.1, -0.05) is 5.92 Å². The number of rotatable bonds is 1. The van der Waals surface area contributed by atoms with Crippen molar-refractivity contribution in [1.29, 1.82) is 5.26 Å². The van der Waals surface area contributed by atoms with Gasteiger partial charge in [-0.15, -0.1) is 0 Å². The largest absolute Gasteiger partial charge is 0.378 e. The molecule has 5 rings (SSSR count). The molecular weight excluding hydrogens is 404 g/mol. The maximum atomic E-state index is 13.2. The van der Waals surface area contributed by atoms with Crippen LogP contribution in [0, 0.1) is 28.6 Å². The molecule has 32 heavy (non-hydrogen) atoms. The normalized spacial score (nSPS) is 19.7. The van der Waals surface area contributed by atoms with Crippen molar-refractivity contribution < 1.29 is 4.74 Å². The van der Waals surface area contributed by atoms with Crippen molar-refractivity contribution in [3.05, 3.63) is 51.4 Å². The van der Waals surface area contributed by atoms with E-state index in [2.05, 4.69) is 39.9 Å². The first-order chi connectivity index (χ1) is 15.5. The van der Waals surface area contributed by atoms with Crippen LogP contribution < -0.4 is 10.5 Å². The lowest BCUT2D eigenvalue weighted by Gasteiger charge is -2.39. The summed E-state index contributed by atoms with van der Waals surface area (Å²) in [5.74, 6) is 6.63. The molecule has 1 atom stereocenters. The lowest BCUT2D eigenvalue weighted by Crippen LogP contribution is -2.43. The topological polar surface area (TPSA) is 99.8 Å². The molecule has 2 aliphatic heterocycles. The summed E-state index contributed by atoms with van der Waals surface area (Å²) in [7, 11) is 1.75. The average Bonchev–Trinajstić information content (AvgIpc) is 3.39. The highest BCUT2D eigenvalue weighted by atomic mass is 16.5. The zero-order valence-electron chi connectivity index (χ0n) is 18.2. The highest BCUT2D eigenvalue weighted by Gasteiger charge is 2.41. The number of nitriles is 1.